The molecule has 0 radical (unpaired) electrons. The van der Waals surface area contributed by atoms with E-state index in [1.807, 2.05) is 11.8 Å². The van der Waals surface area contributed by atoms with Crippen LogP contribution in [0.1, 0.15) is 6.92 Å². The van der Waals surface area contributed by atoms with E-state index in [1.165, 1.54) is 6.20 Å². The van der Waals surface area contributed by atoms with Crippen LogP contribution in [0.15, 0.2) is 12.4 Å². The summed E-state index contributed by atoms with van der Waals surface area (Å²) < 4.78 is 22.9. The van der Waals surface area contributed by atoms with Crippen molar-refractivity contribution in [3.8, 4) is 0 Å². The SMILES string of the molecule is CC1CS(=O)(=O)CCN1c1nccnc1N. The number of aromatic nitrogens is 2. The van der Waals surface area contributed by atoms with Crippen LogP contribution in [0, 0.1) is 0 Å². The molecule has 88 valence electrons. The fraction of sp³-hybridized carbons (Fsp3) is 0.556. The lowest BCUT2D eigenvalue weighted by molar-refractivity contribution is 0.567. The molecule has 1 aliphatic rings. The zero-order chi connectivity index (χ0) is 11.8. The lowest BCUT2D eigenvalue weighted by Gasteiger charge is -2.34. The molecule has 2 rings (SSSR count). The van der Waals surface area contributed by atoms with Crippen molar-refractivity contribution in [2.24, 2.45) is 0 Å². The second kappa shape index (κ2) is 3.89. The van der Waals surface area contributed by atoms with Crippen LogP contribution < -0.4 is 10.6 Å². The van der Waals surface area contributed by atoms with Gasteiger partial charge in [0.2, 0.25) is 0 Å². The molecule has 16 heavy (non-hydrogen) atoms. The Morgan fingerprint density at radius 1 is 1.44 bits per heavy atom. The highest BCUT2D eigenvalue weighted by Crippen LogP contribution is 2.22. The normalized spacial score (nSPS) is 24.3. The van der Waals surface area contributed by atoms with Gasteiger partial charge in [-0.25, -0.2) is 18.4 Å². The van der Waals surface area contributed by atoms with E-state index in [4.69, 9.17) is 5.73 Å². The van der Waals surface area contributed by atoms with Crippen molar-refractivity contribution in [1.29, 1.82) is 0 Å². The Hall–Kier alpha value is -1.37. The Labute approximate surface area is 94.4 Å². The Kier molecular flexibility index (Phi) is 2.71. The van der Waals surface area contributed by atoms with Crippen LogP contribution in [0.25, 0.3) is 0 Å². The van der Waals surface area contributed by atoms with Crippen LogP contribution in [-0.4, -0.2) is 42.5 Å². The second-order valence-electron chi connectivity index (χ2n) is 3.92. The van der Waals surface area contributed by atoms with Crippen LogP contribution in [0.5, 0.6) is 0 Å². The summed E-state index contributed by atoms with van der Waals surface area (Å²) >= 11 is 0. The van der Waals surface area contributed by atoms with Gasteiger partial charge >= 0.3 is 0 Å². The molecule has 0 bridgehead atoms. The fourth-order valence-corrected chi connectivity index (χ4v) is 3.43. The largest absolute Gasteiger partial charge is 0.381 e. The van der Waals surface area contributed by atoms with Crippen LogP contribution >= 0.6 is 0 Å². The lowest BCUT2D eigenvalue weighted by atomic mass is 10.3. The van der Waals surface area contributed by atoms with Gasteiger partial charge in [0, 0.05) is 25.0 Å². The summed E-state index contributed by atoms with van der Waals surface area (Å²) in [6.45, 7) is 2.28. The van der Waals surface area contributed by atoms with Gasteiger partial charge in [-0.1, -0.05) is 0 Å². The first-order valence-electron chi connectivity index (χ1n) is 5.03. The van der Waals surface area contributed by atoms with Crippen molar-refractivity contribution in [3.05, 3.63) is 12.4 Å². The minimum absolute atomic E-state index is 0.113. The maximum Gasteiger partial charge on any atom is 0.171 e. The predicted molar refractivity (Wildman–Crippen MR) is 61.9 cm³/mol. The number of nitrogens with zero attached hydrogens (tertiary/aromatic N) is 3. The van der Waals surface area contributed by atoms with Crippen molar-refractivity contribution >= 4 is 21.5 Å². The molecular weight excluding hydrogens is 228 g/mol. The van der Waals surface area contributed by atoms with Crippen molar-refractivity contribution in [2.75, 3.05) is 28.7 Å². The summed E-state index contributed by atoms with van der Waals surface area (Å²) in [6.07, 6.45) is 3.08. The summed E-state index contributed by atoms with van der Waals surface area (Å²) in [7, 11) is -2.92. The third-order valence-corrected chi connectivity index (χ3v) is 4.44. The number of anilines is 2. The number of hydrogen-bond acceptors (Lipinski definition) is 6. The molecule has 2 heterocycles. The molecular formula is C9H14N4O2S. The monoisotopic (exact) mass is 242 g/mol. The minimum atomic E-state index is -2.92. The molecule has 1 fully saturated rings. The average Bonchev–Trinajstić information content (AvgIpc) is 2.18. The van der Waals surface area contributed by atoms with Crippen LogP contribution in [-0.2, 0) is 9.84 Å². The first kappa shape index (κ1) is 11.1. The highest BCUT2D eigenvalue weighted by atomic mass is 32.2. The summed E-state index contributed by atoms with van der Waals surface area (Å²) in [5.74, 6) is 1.20. The van der Waals surface area contributed by atoms with Crippen LogP contribution in [0.3, 0.4) is 0 Å². The van der Waals surface area contributed by atoms with E-state index in [0.29, 0.717) is 18.2 Å². The molecule has 2 N–H and O–H groups in total. The molecule has 1 saturated heterocycles. The maximum atomic E-state index is 11.4. The van der Waals surface area contributed by atoms with E-state index in [2.05, 4.69) is 9.97 Å². The van der Waals surface area contributed by atoms with Gasteiger partial charge in [-0.15, -0.1) is 0 Å². The van der Waals surface area contributed by atoms with E-state index in [1.54, 1.807) is 6.20 Å². The molecule has 6 nitrogen and oxygen atoms in total. The van der Waals surface area contributed by atoms with Gasteiger partial charge in [-0.3, -0.25) is 0 Å². The first-order chi connectivity index (χ1) is 7.49. The average molecular weight is 242 g/mol. The number of rotatable bonds is 1. The molecule has 0 aromatic carbocycles. The van der Waals surface area contributed by atoms with Gasteiger partial charge < -0.3 is 10.6 Å². The predicted octanol–water partition coefficient (Wildman–Crippen LogP) is -0.318. The van der Waals surface area contributed by atoms with E-state index in [9.17, 15) is 8.42 Å². The second-order valence-corrected chi connectivity index (χ2v) is 6.15. The van der Waals surface area contributed by atoms with E-state index in [0.717, 1.165) is 0 Å². The Balaban J connectivity index is 2.27. The first-order valence-corrected chi connectivity index (χ1v) is 6.85. The molecule has 7 heteroatoms. The van der Waals surface area contributed by atoms with Gasteiger partial charge in [0.25, 0.3) is 0 Å². The Morgan fingerprint density at radius 3 is 2.75 bits per heavy atom. The zero-order valence-corrected chi connectivity index (χ0v) is 9.81. The molecule has 1 aromatic heterocycles. The molecule has 1 unspecified atom stereocenters. The van der Waals surface area contributed by atoms with Gasteiger partial charge in [-0.2, -0.15) is 0 Å². The maximum absolute atomic E-state index is 11.4. The van der Waals surface area contributed by atoms with Gasteiger partial charge in [-0.05, 0) is 6.92 Å². The fourth-order valence-electron chi connectivity index (χ4n) is 1.88. The quantitative estimate of drug-likeness (QED) is 0.726. The molecule has 0 aliphatic carbocycles. The minimum Gasteiger partial charge on any atom is -0.381 e. The van der Waals surface area contributed by atoms with Gasteiger partial charge in [0.05, 0.1) is 11.5 Å². The van der Waals surface area contributed by atoms with Gasteiger partial charge in [0.15, 0.2) is 21.5 Å². The summed E-state index contributed by atoms with van der Waals surface area (Å²) in [4.78, 5) is 9.99. The number of sulfone groups is 1. The van der Waals surface area contributed by atoms with Crippen LogP contribution in [0.4, 0.5) is 11.6 Å². The third kappa shape index (κ3) is 2.08. The summed E-state index contributed by atoms with van der Waals surface area (Å²) in [6, 6.07) is -0.113. The zero-order valence-electron chi connectivity index (χ0n) is 9.00. The summed E-state index contributed by atoms with van der Waals surface area (Å²) in [5, 5.41) is 0. The van der Waals surface area contributed by atoms with Crippen molar-refractivity contribution < 1.29 is 8.42 Å². The molecule has 1 atom stereocenters. The smallest absolute Gasteiger partial charge is 0.171 e. The molecule has 0 spiro atoms. The topological polar surface area (TPSA) is 89.2 Å². The number of hydrogen-bond donors (Lipinski definition) is 1. The van der Waals surface area contributed by atoms with Crippen molar-refractivity contribution in [3.63, 3.8) is 0 Å². The summed E-state index contributed by atoms with van der Waals surface area (Å²) in [5.41, 5.74) is 5.72. The molecule has 1 aromatic rings. The Bertz CT molecular complexity index is 488. The van der Waals surface area contributed by atoms with Crippen LogP contribution in [0.2, 0.25) is 0 Å². The van der Waals surface area contributed by atoms with Crippen molar-refractivity contribution in [1.82, 2.24) is 9.97 Å². The number of nitrogen functional groups attached to an aromatic ring is 1. The highest BCUT2D eigenvalue weighted by Gasteiger charge is 2.29. The van der Waals surface area contributed by atoms with E-state index >= 15 is 0 Å². The number of nitrogens with two attached hydrogens (primary N) is 1. The molecule has 0 saturated carbocycles. The van der Waals surface area contributed by atoms with Gasteiger partial charge in [0.1, 0.15) is 0 Å². The van der Waals surface area contributed by atoms with Crippen molar-refractivity contribution in [2.45, 2.75) is 13.0 Å². The standard InChI is InChI=1S/C9H14N4O2S/c1-7-6-16(14,15)5-4-13(7)9-8(10)11-2-3-12-9/h2-3,7H,4-6H2,1H3,(H2,10,11). The molecule has 0 amide bonds. The van der Waals surface area contributed by atoms with E-state index in [-0.39, 0.29) is 17.5 Å². The third-order valence-electron chi connectivity index (χ3n) is 2.65. The Morgan fingerprint density at radius 2 is 2.12 bits per heavy atom. The van der Waals surface area contributed by atoms with E-state index < -0.39 is 9.84 Å². The highest BCUT2D eigenvalue weighted by molar-refractivity contribution is 7.91. The molecule has 1 aliphatic heterocycles. The lowest BCUT2D eigenvalue weighted by Crippen LogP contribution is -2.47.